The van der Waals surface area contributed by atoms with Crippen molar-refractivity contribution >= 4 is 34.0 Å². The van der Waals surface area contributed by atoms with Gasteiger partial charge in [0.05, 0.1) is 12.3 Å². The van der Waals surface area contributed by atoms with Gasteiger partial charge in [-0.2, -0.15) is 0 Å². The van der Waals surface area contributed by atoms with Crippen LogP contribution in [-0.2, 0) is 0 Å². The van der Waals surface area contributed by atoms with Gasteiger partial charge in [0.25, 0.3) is 0 Å². The molecule has 16 heavy (non-hydrogen) atoms. The third kappa shape index (κ3) is 2.00. The highest BCUT2D eigenvalue weighted by Gasteiger charge is 2.11. The molecule has 0 radical (unpaired) electrons. The van der Waals surface area contributed by atoms with Gasteiger partial charge in [0.1, 0.15) is 0 Å². The summed E-state index contributed by atoms with van der Waals surface area (Å²) in [6.45, 7) is 4.13. The van der Waals surface area contributed by atoms with E-state index >= 15 is 0 Å². The first-order valence-electron chi connectivity index (χ1n) is 5.06. The first-order chi connectivity index (χ1) is 7.63. The van der Waals surface area contributed by atoms with Crippen molar-refractivity contribution < 1.29 is 5.11 Å². The van der Waals surface area contributed by atoms with Gasteiger partial charge in [-0.3, -0.25) is 4.40 Å². The topological polar surface area (TPSA) is 37.5 Å². The van der Waals surface area contributed by atoms with Crippen LogP contribution in [-0.4, -0.2) is 21.1 Å². The lowest BCUT2D eigenvalue weighted by molar-refractivity contribution is 0.320. The smallest absolute Gasteiger partial charge is 0.195 e. The quantitative estimate of drug-likeness (QED) is 0.916. The maximum absolute atomic E-state index is 9.27. The second kappa shape index (κ2) is 4.57. The van der Waals surface area contributed by atoms with Crippen LogP contribution in [0.15, 0.2) is 17.2 Å². The fraction of sp³-hybridized carbons (Fsp3) is 0.364. The van der Waals surface area contributed by atoms with Crippen LogP contribution in [0.1, 0.15) is 19.5 Å². The van der Waals surface area contributed by atoms with Crippen molar-refractivity contribution in [2.75, 3.05) is 6.61 Å². The second-order valence-corrected chi connectivity index (χ2v) is 5.11. The normalized spacial score (nSPS) is 12.9. The number of imidazole rings is 1. The van der Waals surface area contributed by atoms with E-state index in [2.05, 4.69) is 4.98 Å². The lowest BCUT2D eigenvalue weighted by Gasteiger charge is -2.07. The van der Waals surface area contributed by atoms with Crippen molar-refractivity contribution in [2.45, 2.75) is 13.8 Å². The molecule has 0 spiro atoms. The fourth-order valence-corrected chi connectivity index (χ4v) is 2.47. The molecule has 0 fully saturated rings. The molecule has 0 aliphatic heterocycles. The van der Waals surface area contributed by atoms with Crippen LogP contribution in [0.2, 0.25) is 5.15 Å². The molecule has 2 aromatic rings. The van der Waals surface area contributed by atoms with Gasteiger partial charge in [-0.25, -0.2) is 4.98 Å². The highest BCUT2D eigenvalue weighted by atomic mass is 35.5. The number of thiazole rings is 1. The SMILES string of the molecule is CC(C)C(=Cc1c(Cl)nc2sccn12)CO. The van der Waals surface area contributed by atoms with Crippen LogP contribution in [0, 0.1) is 5.92 Å². The van der Waals surface area contributed by atoms with Crippen LogP contribution >= 0.6 is 22.9 Å². The largest absolute Gasteiger partial charge is 0.392 e. The number of halogens is 1. The molecule has 0 bridgehead atoms. The third-order valence-electron chi connectivity index (χ3n) is 2.50. The number of nitrogens with zero attached hydrogens (tertiary/aromatic N) is 2. The Balaban J connectivity index is 2.53. The zero-order chi connectivity index (χ0) is 11.7. The minimum absolute atomic E-state index is 0.0470. The lowest BCUT2D eigenvalue weighted by atomic mass is 10.0. The molecule has 0 amide bonds. The van der Waals surface area contributed by atoms with E-state index in [0.29, 0.717) is 11.1 Å². The van der Waals surface area contributed by atoms with E-state index in [9.17, 15) is 5.11 Å². The summed E-state index contributed by atoms with van der Waals surface area (Å²) in [5.74, 6) is 0.297. The number of fused-ring (bicyclic) bond motifs is 1. The van der Waals surface area contributed by atoms with Crippen molar-refractivity contribution in [1.82, 2.24) is 9.38 Å². The predicted molar refractivity (Wildman–Crippen MR) is 68.0 cm³/mol. The third-order valence-corrected chi connectivity index (χ3v) is 3.54. The standard InChI is InChI=1S/C11H13ClN2OS/c1-7(2)8(6-15)5-9-10(12)13-11-14(9)3-4-16-11/h3-5,7,15H,6H2,1-2H3. The Kier molecular flexibility index (Phi) is 3.33. The zero-order valence-corrected chi connectivity index (χ0v) is 10.7. The lowest BCUT2D eigenvalue weighted by Crippen LogP contribution is -1.99. The Morgan fingerprint density at radius 2 is 2.44 bits per heavy atom. The van der Waals surface area contributed by atoms with Crippen molar-refractivity contribution in [3.63, 3.8) is 0 Å². The van der Waals surface area contributed by atoms with Crippen molar-refractivity contribution in [1.29, 1.82) is 0 Å². The first-order valence-corrected chi connectivity index (χ1v) is 6.31. The van der Waals surface area contributed by atoms with E-state index in [1.807, 2.05) is 35.9 Å². The predicted octanol–water partition coefficient (Wildman–Crippen LogP) is 3.08. The molecule has 0 aliphatic rings. The van der Waals surface area contributed by atoms with E-state index in [1.54, 1.807) is 11.3 Å². The Morgan fingerprint density at radius 3 is 3.06 bits per heavy atom. The number of hydrogen-bond donors (Lipinski definition) is 1. The Labute approximate surface area is 103 Å². The average molecular weight is 257 g/mol. The molecule has 0 saturated carbocycles. The summed E-state index contributed by atoms with van der Waals surface area (Å²) in [4.78, 5) is 5.11. The molecule has 2 heterocycles. The van der Waals surface area contributed by atoms with Crippen LogP contribution in [0.3, 0.4) is 0 Å². The van der Waals surface area contributed by atoms with Crippen molar-refractivity contribution in [2.24, 2.45) is 5.92 Å². The molecule has 5 heteroatoms. The van der Waals surface area contributed by atoms with Crippen molar-refractivity contribution in [3.8, 4) is 0 Å². The molecule has 0 aliphatic carbocycles. The number of aliphatic hydroxyl groups is 1. The molecular weight excluding hydrogens is 244 g/mol. The van der Waals surface area contributed by atoms with Crippen LogP contribution in [0.4, 0.5) is 0 Å². The molecule has 0 unspecified atom stereocenters. The van der Waals surface area contributed by atoms with Crippen molar-refractivity contribution in [3.05, 3.63) is 28.0 Å². The first kappa shape index (κ1) is 11.6. The van der Waals surface area contributed by atoms with Crippen LogP contribution < -0.4 is 0 Å². The molecule has 0 atom stereocenters. The number of aliphatic hydroxyl groups excluding tert-OH is 1. The Morgan fingerprint density at radius 1 is 1.69 bits per heavy atom. The van der Waals surface area contributed by atoms with Gasteiger partial charge >= 0.3 is 0 Å². The minimum Gasteiger partial charge on any atom is -0.392 e. The summed E-state index contributed by atoms with van der Waals surface area (Å²) in [5, 5.41) is 11.7. The molecular formula is C11H13ClN2OS. The zero-order valence-electron chi connectivity index (χ0n) is 9.14. The molecule has 1 N–H and O–H groups in total. The van der Waals surface area contributed by atoms with Gasteiger partial charge in [0.15, 0.2) is 10.1 Å². The summed E-state index contributed by atoms with van der Waals surface area (Å²) in [6, 6.07) is 0. The monoisotopic (exact) mass is 256 g/mol. The van der Waals surface area contributed by atoms with E-state index in [4.69, 9.17) is 11.6 Å². The van der Waals surface area contributed by atoms with Gasteiger partial charge in [0, 0.05) is 11.6 Å². The molecule has 86 valence electrons. The van der Waals surface area contributed by atoms with Gasteiger partial charge < -0.3 is 5.11 Å². The summed E-state index contributed by atoms with van der Waals surface area (Å²) in [7, 11) is 0. The van der Waals surface area contributed by atoms with Gasteiger partial charge in [-0.05, 0) is 17.6 Å². The highest BCUT2D eigenvalue weighted by Crippen LogP contribution is 2.24. The molecule has 3 nitrogen and oxygen atoms in total. The Bertz CT molecular complexity index is 527. The van der Waals surface area contributed by atoms with Crippen LogP contribution in [0.5, 0.6) is 0 Å². The molecule has 2 rings (SSSR count). The van der Waals surface area contributed by atoms with E-state index < -0.39 is 0 Å². The second-order valence-electron chi connectivity index (χ2n) is 3.88. The van der Waals surface area contributed by atoms with E-state index in [0.717, 1.165) is 16.2 Å². The number of rotatable bonds is 3. The number of hydrogen-bond acceptors (Lipinski definition) is 3. The maximum atomic E-state index is 9.27. The van der Waals surface area contributed by atoms with E-state index in [1.165, 1.54) is 0 Å². The van der Waals surface area contributed by atoms with Crippen LogP contribution in [0.25, 0.3) is 11.0 Å². The average Bonchev–Trinajstić information content (AvgIpc) is 2.75. The summed E-state index contributed by atoms with van der Waals surface area (Å²) >= 11 is 7.60. The maximum Gasteiger partial charge on any atom is 0.195 e. The summed E-state index contributed by atoms with van der Waals surface area (Å²) in [5.41, 5.74) is 1.80. The fourth-order valence-electron chi connectivity index (χ4n) is 1.48. The molecule has 0 aromatic carbocycles. The van der Waals surface area contributed by atoms with Gasteiger partial charge in [0.2, 0.25) is 0 Å². The van der Waals surface area contributed by atoms with Gasteiger partial charge in [-0.15, -0.1) is 11.3 Å². The minimum atomic E-state index is 0.0470. The highest BCUT2D eigenvalue weighted by molar-refractivity contribution is 7.15. The summed E-state index contributed by atoms with van der Waals surface area (Å²) < 4.78 is 1.94. The molecule has 2 aromatic heterocycles. The number of aromatic nitrogens is 2. The Hall–Kier alpha value is -0.840. The molecule has 0 saturated heterocycles. The summed E-state index contributed by atoms with van der Waals surface area (Å²) in [6.07, 6.45) is 3.85. The van der Waals surface area contributed by atoms with E-state index in [-0.39, 0.29) is 6.61 Å². The van der Waals surface area contributed by atoms with Gasteiger partial charge in [-0.1, -0.05) is 25.4 Å².